The maximum Gasteiger partial charge on any atom is 0.229 e. The second-order valence-corrected chi connectivity index (χ2v) is 4.90. The molecule has 1 aromatic rings. The minimum Gasteiger partial charge on any atom is -0.310 e. The van der Waals surface area contributed by atoms with Gasteiger partial charge in [-0.05, 0) is 37.3 Å². The Kier molecular flexibility index (Phi) is 4.55. The second kappa shape index (κ2) is 6.16. The van der Waals surface area contributed by atoms with Crippen LogP contribution in [-0.4, -0.2) is 15.9 Å². The highest BCUT2D eigenvalue weighted by Gasteiger charge is 2.10. The van der Waals surface area contributed by atoms with Gasteiger partial charge in [0.15, 0.2) is 0 Å². The van der Waals surface area contributed by atoms with Gasteiger partial charge in [0.2, 0.25) is 11.2 Å². The molecule has 1 aliphatic carbocycles. The fraction of sp³-hybridized carbons (Fsp3) is 0.417. The van der Waals surface area contributed by atoms with E-state index < -0.39 is 0 Å². The van der Waals surface area contributed by atoms with E-state index in [1.165, 1.54) is 18.1 Å². The highest BCUT2D eigenvalue weighted by atomic mass is 35.5. The van der Waals surface area contributed by atoms with Crippen LogP contribution in [0.4, 0.5) is 5.82 Å². The topological polar surface area (TPSA) is 54.9 Å². The van der Waals surface area contributed by atoms with Gasteiger partial charge in [0.05, 0.1) is 0 Å². The Morgan fingerprint density at radius 1 is 1.33 bits per heavy atom. The Balaban J connectivity index is 1.96. The summed E-state index contributed by atoms with van der Waals surface area (Å²) in [7, 11) is 0. The number of nitrogens with zero attached hydrogens (tertiary/aromatic N) is 2. The first-order valence-electron chi connectivity index (χ1n) is 5.81. The molecule has 4 nitrogen and oxygen atoms in total. The number of carbonyl (C=O) groups is 1. The van der Waals surface area contributed by atoms with Crippen molar-refractivity contribution in [1.82, 2.24) is 9.97 Å². The summed E-state index contributed by atoms with van der Waals surface area (Å²) in [6, 6.07) is 1.47. The number of rotatable bonds is 3. The number of hydrogen-bond acceptors (Lipinski definition) is 3. The van der Waals surface area contributed by atoms with Crippen molar-refractivity contribution >= 4 is 34.9 Å². The molecule has 0 saturated carbocycles. The number of anilines is 1. The summed E-state index contributed by atoms with van der Waals surface area (Å²) in [6.07, 6.45) is 6.97. The van der Waals surface area contributed by atoms with E-state index in [1.54, 1.807) is 0 Å². The number of allylic oxidation sites excluding steroid dienone is 1. The van der Waals surface area contributed by atoms with Crippen LogP contribution in [0.3, 0.4) is 0 Å². The summed E-state index contributed by atoms with van der Waals surface area (Å²) in [5, 5.41) is 2.90. The van der Waals surface area contributed by atoms with Crippen LogP contribution >= 0.6 is 23.2 Å². The molecule has 2 rings (SSSR count). The van der Waals surface area contributed by atoms with Crippen molar-refractivity contribution in [1.29, 1.82) is 0 Å². The van der Waals surface area contributed by atoms with Gasteiger partial charge in [-0.1, -0.05) is 23.3 Å². The van der Waals surface area contributed by atoms with E-state index in [-0.39, 0.29) is 16.3 Å². The average molecular weight is 286 g/mol. The van der Waals surface area contributed by atoms with Gasteiger partial charge in [-0.15, -0.1) is 0 Å². The first-order valence-corrected chi connectivity index (χ1v) is 6.57. The lowest BCUT2D eigenvalue weighted by Crippen LogP contribution is -2.14. The lowest BCUT2D eigenvalue weighted by Gasteiger charge is -2.12. The van der Waals surface area contributed by atoms with Crippen LogP contribution in [0.2, 0.25) is 10.4 Å². The van der Waals surface area contributed by atoms with Gasteiger partial charge in [0.25, 0.3) is 0 Å². The third-order valence-electron chi connectivity index (χ3n) is 2.71. The van der Waals surface area contributed by atoms with E-state index in [0.29, 0.717) is 12.2 Å². The third-order valence-corrected chi connectivity index (χ3v) is 3.07. The standard InChI is InChI=1S/C12H13Cl2N3O/c13-9-7-10(17-12(14)15-9)16-11(18)6-8-4-2-1-3-5-8/h4,7H,1-3,5-6H2,(H,15,16,17,18). The summed E-state index contributed by atoms with van der Waals surface area (Å²) >= 11 is 11.4. The van der Waals surface area contributed by atoms with Gasteiger partial charge in [0.1, 0.15) is 11.0 Å². The molecule has 0 saturated heterocycles. The molecule has 6 heteroatoms. The molecule has 1 heterocycles. The van der Waals surface area contributed by atoms with Crippen molar-refractivity contribution in [2.75, 3.05) is 5.32 Å². The maximum absolute atomic E-state index is 11.8. The number of aromatic nitrogens is 2. The Morgan fingerprint density at radius 3 is 2.83 bits per heavy atom. The van der Waals surface area contributed by atoms with Gasteiger partial charge < -0.3 is 5.32 Å². The molecule has 1 amide bonds. The van der Waals surface area contributed by atoms with Crippen LogP contribution in [-0.2, 0) is 4.79 Å². The van der Waals surface area contributed by atoms with Crippen LogP contribution < -0.4 is 5.32 Å². The van der Waals surface area contributed by atoms with Crippen LogP contribution in [0.1, 0.15) is 32.1 Å². The van der Waals surface area contributed by atoms with E-state index in [2.05, 4.69) is 21.4 Å². The molecule has 0 aromatic carbocycles. The van der Waals surface area contributed by atoms with E-state index in [4.69, 9.17) is 23.2 Å². The minimum atomic E-state index is -0.103. The summed E-state index contributed by atoms with van der Waals surface area (Å²) in [5.41, 5.74) is 1.19. The van der Waals surface area contributed by atoms with Gasteiger partial charge in [-0.2, -0.15) is 0 Å². The number of nitrogens with one attached hydrogen (secondary N) is 1. The predicted octanol–water partition coefficient (Wildman–Crippen LogP) is 3.61. The predicted molar refractivity (Wildman–Crippen MR) is 71.8 cm³/mol. The zero-order valence-electron chi connectivity index (χ0n) is 9.75. The van der Waals surface area contributed by atoms with Crippen LogP contribution in [0.25, 0.3) is 0 Å². The molecule has 0 fully saturated rings. The van der Waals surface area contributed by atoms with Crippen molar-refractivity contribution in [3.05, 3.63) is 28.2 Å². The summed E-state index contributed by atoms with van der Waals surface area (Å²) in [4.78, 5) is 19.4. The van der Waals surface area contributed by atoms with E-state index in [1.807, 2.05) is 0 Å². The summed E-state index contributed by atoms with van der Waals surface area (Å²) in [6.45, 7) is 0. The molecule has 1 N–H and O–H groups in total. The number of halogens is 2. The Labute approximate surface area is 115 Å². The average Bonchev–Trinajstić information content (AvgIpc) is 2.28. The van der Waals surface area contributed by atoms with E-state index in [0.717, 1.165) is 19.3 Å². The van der Waals surface area contributed by atoms with Gasteiger partial charge in [-0.25, -0.2) is 9.97 Å². The number of amides is 1. The van der Waals surface area contributed by atoms with Crippen molar-refractivity contribution in [3.8, 4) is 0 Å². The fourth-order valence-corrected chi connectivity index (χ4v) is 2.32. The maximum atomic E-state index is 11.8. The minimum absolute atomic E-state index is 0.0229. The lowest BCUT2D eigenvalue weighted by atomic mass is 9.97. The zero-order chi connectivity index (χ0) is 13.0. The fourth-order valence-electron chi connectivity index (χ4n) is 1.91. The monoisotopic (exact) mass is 285 g/mol. The lowest BCUT2D eigenvalue weighted by molar-refractivity contribution is -0.115. The summed E-state index contributed by atoms with van der Waals surface area (Å²) in [5.74, 6) is 0.232. The Hall–Kier alpha value is -1.13. The SMILES string of the molecule is O=C(CC1=CCCCC1)Nc1cc(Cl)nc(Cl)n1. The van der Waals surface area contributed by atoms with Crippen molar-refractivity contribution in [2.24, 2.45) is 0 Å². The van der Waals surface area contributed by atoms with Crippen molar-refractivity contribution < 1.29 is 4.79 Å². The normalized spacial score (nSPS) is 15.1. The highest BCUT2D eigenvalue weighted by molar-refractivity contribution is 6.32. The highest BCUT2D eigenvalue weighted by Crippen LogP contribution is 2.21. The smallest absolute Gasteiger partial charge is 0.229 e. The molecule has 1 aliphatic rings. The molecule has 18 heavy (non-hydrogen) atoms. The molecule has 0 aliphatic heterocycles. The van der Waals surface area contributed by atoms with Crippen molar-refractivity contribution in [2.45, 2.75) is 32.1 Å². The number of hydrogen-bond donors (Lipinski definition) is 1. The van der Waals surface area contributed by atoms with E-state index in [9.17, 15) is 4.79 Å². The first-order chi connectivity index (χ1) is 8.63. The molecule has 0 radical (unpaired) electrons. The molecule has 96 valence electrons. The van der Waals surface area contributed by atoms with Crippen LogP contribution in [0, 0.1) is 0 Å². The molecule has 0 atom stereocenters. The van der Waals surface area contributed by atoms with E-state index >= 15 is 0 Å². The number of carbonyl (C=O) groups excluding carboxylic acids is 1. The largest absolute Gasteiger partial charge is 0.310 e. The molecular formula is C12H13Cl2N3O. The van der Waals surface area contributed by atoms with Gasteiger partial charge >= 0.3 is 0 Å². The van der Waals surface area contributed by atoms with Gasteiger partial charge in [-0.3, -0.25) is 4.79 Å². The zero-order valence-corrected chi connectivity index (χ0v) is 11.3. The Bertz CT molecular complexity index is 468. The second-order valence-electron chi connectivity index (χ2n) is 4.18. The van der Waals surface area contributed by atoms with Gasteiger partial charge in [0, 0.05) is 12.5 Å². The molecular weight excluding hydrogens is 273 g/mol. The molecule has 0 bridgehead atoms. The molecule has 0 spiro atoms. The Morgan fingerprint density at radius 2 is 2.17 bits per heavy atom. The molecule has 1 aromatic heterocycles. The van der Waals surface area contributed by atoms with Crippen LogP contribution in [0.5, 0.6) is 0 Å². The third kappa shape index (κ3) is 3.96. The van der Waals surface area contributed by atoms with Crippen LogP contribution in [0.15, 0.2) is 17.7 Å². The quantitative estimate of drug-likeness (QED) is 0.524. The van der Waals surface area contributed by atoms with Crippen molar-refractivity contribution in [3.63, 3.8) is 0 Å². The first kappa shape index (κ1) is 13.3. The molecule has 0 unspecified atom stereocenters. The summed E-state index contributed by atoms with van der Waals surface area (Å²) < 4.78 is 0.